The quantitative estimate of drug-likeness (QED) is 0.593. The molecule has 0 atom stereocenters. The van der Waals surface area contributed by atoms with Gasteiger partial charge in [-0.2, -0.15) is 0 Å². The van der Waals surface area contributed by atoms with Gasteiger partial charge in [-0.15, -0.1) is 0 Å². The lowest BCUT2D eigenvalue weighted by molar-refractivity contribution is -0.138. The first-order chi connectivity index (χ1) is 13.0. The van der Waals surface area contributed by atoms with E-state index >= 15 is 0 Å². The summed E-state index contributed by atoms with van der Waals surface area (Å²) in [4.78, 5) is 21.9. The highest BCUT2D eigenvalue weighted by Crippen LogP contribution is 2.14. The minimum Gasteiger partial charge on any atom is -0.490 e. The van der Waals surface area contributed by atoms with Crippen LogP contribution in [0.15, 0.2) is 48.5 Å². The number of carbonyl (C=O) groups is 2. The van der Waals surface area contributed by atoms with Crippen LogP contribution in [-0.4, -0.2) is 36.7 Å². The van der Waals surface area contributed by atoms with Gasteiger partial charge in [0.2, 0.25) is 5.91 Å². The summed E-state index contributed by atoms with van der Waals surface area (Å²) in [5.74, 6) is 0.382. The highest BCUT2D eigenvalue weighted by Gasteiger charge is 2.04. The zero-order valence-electron chi connectivity index (χ0n) is 15.4. The maximum Gasteiger partial charge on any atom is 0.303 e. The Balaban J connectivity index is 1.63. The second kappa shape index (κ2) is 10.9. The van der Waals surface area contributed by atoms with E-state index in [4.69, 9.17) is 14.6 Å². The minimum atomic E-state index is -0.968. The lowest BCUT2D eigenvalue weighted by Gasteiger charge is -2.09. The van der Waals surface area contributed by atoms with Crippen LogP contribution in [0.4, 0.5) is 0 Å². The molecule has 0 aromatic heterocycles. The number of rotatable bonds is 11. The molecule has 0 aliphatic rings. The van der Waals surface area contributed by atoms with Gasteiger partial charge in [0.05, 0.1) is 6.42 Å². The molecule has 0 aliphatic heterocycles. The Kier molecular flexibility index (Phi) is 8.16. The second-order valence-electron chi connectivity index (χ2n) is 6.15. The standard InChI is InChI=1S/C21H25NO5/c1-16-3-2-4-19(15-16)27-14-13-26-18-7-5-17(6-8-18)11-12-22-20(23)9-10-21(24)25/h2-8,15H,9-14H2,1H3,(H,22,23)(H,24,25). The number of aryl methyl sites for hydroxylation is 1. The number of carbonyl (C=O) groups excluding carboxylic acids is 1. The van der Waals surface area contributed by atoms with Gasteiger partial charge in [-0.3, -0.25) is 9.59 Å². The number of hydrogen-bond donors (Lipinski definition) is 2. The molecule has 2 aromatic rings. The summed E-state index contributed by atoms with van der Waals surface area (Å²) < 4.78 is 11.3. The van der Waals surface area contributed by atoms with Crippen LogP contribution >= 0.6 is 0 Å². The molecule has 0 saturated carbocycles. The smallest absolute Gasteiger partial charge is 0.303 e. The van der Waals surface area contributed by atoms with Crippen LogP contribution in [0.5, 0.6) is 11.5 Å². The molecule has 6 heteroatoms. The van der Waals surface area contributed by atoms with Gasteiger partial charge >= 0.3 is 5.97 Å². The predicted octanol–water partition coefficient (Wildman–Crippen LogP) is 2.98. The molecule has 0 bridgehead atoms. The summed E-state index contributed by atoms with van der Waals surface area (Å²) in [5.41, 5.74) is 2.22. The van der Waals surface area contributed by atoms with E-state index in [1.807, 2.05) is 55.5 Å². The van der Waals surface area contributed by atoms with Crippen LogP contribution in [-0.2, 0) is 16.0 Å². The second-order valence-corrected chi connectivity index (χ2v) is 6.15. The molecule has 2 aromatic carbocycles. The van der Waals surface area contributed by atoms with Crippen molar-refractivity contribution in [2.24, 2.45) is 0 Å². The normalized spacial score (nSPS) is 10.3. The third-order valence-corrected chi connectivity index (χ3v) is 3.84. The third-order valence-electron chi connectivity index (χ3n) is 3.84. The Morgan fingerprint density at radius 3 is 2.33 bits per heavy atom. The number of carboxylic acids is 1. The van der Waals surface area contributed by atoms with Crippen molar-refractivity contribution < 1.29 is 24.2 Å². The Morgan fingerprint density at radius 1 is 0.963 bits per heavy atom. The van der Waals surface area contributed by atoms with Crippen LogP contribution in [0, 0.1) is 6.92 Å². The lowest BCUT2D eigenvalue weighted by Crippen LogP contribution is -2.25. The summed E-state index contributed by atoms with van der Waals surface area (Å²) in [7, 11) is 0. The molecule has 0 aliphatic carbocycles. The molecular formula is C21H25NO5. The van der Waals surface area contributed by atoms with Crippen molar-refractivity contribution in [2.75, 3.05) is 19.8 Å². The summed E-state index contributed by atoms with van der Waals surface area (Å²) in [6.07, 6.45) is 0.535. The molecule has 0 spiro atoms. The highest BCUT2D eigenvalue weighted by molar-refractivity contribution is 5.80. The van der Waals surface area contributed by atoms with E-state index in [1.165, 1.54) is 0 Å². The average Bonchev–Trinajstić information content (AvgIpc) is 2.65. The fourth-order valence-corrected chi connectivity index (χ4v) is 2.43. The van der Waals surface area contributed by atoms with E-state index in [1.54, 1.807) is 0 Å². The van der Waals surface area contributed by atoms with Gasteiger partial charge in [0.15, 0.2) is 0 Å². The Morgan fingerprint density at radius 2 is 1.67 bits per heavy atom. The maximum atomic E-state index is 11.5. The summed E-state index contributed by atoms with van der Waals surface area (Å²) in [5, 5.41) is 11.3. The van der Waals surface area contributed by atoms with Crippen LogP contribution in [0.25, 0.3) is 0 Å². The van der Waals surface area contributed by atoms with Crippen molar-refractivity contribution in [3.8, 4) is 11.5 Å². The van der Waals surface area contributed by atoms with E-state index in [-0.39, 0.29) is 18.7 Å². The fourth-order valence-electron chi connectivity index (χ4n) is 2.43. The maximum absolute atomic E-state index is 11.5. The van der Waals surface area contributed by atoms with Gasteiger partial charge in [-0.1, -0.05) is 24.3 Å². The van der Waals surface area contributed by atoms with Gasteiger partial charge in [-0.05, 0) is 48.7 Å². The van der Waals surface area contributed by atoms with Crippen LogP contribution in [0.3, 0.4) is 0 Å². The third kappa shape index (κ3) is 8.27. The van der Waals surface area contributed by atoms with Gasteiger partial charge < -0.3 is 19.9 Å². The molecule has 1 amide bonds. The van der Waals surface area contributed by atoms with Crippen molar-refractivity contribution in [3.63, 3.8) is 0 Å². The Bertz CT molecular complexity index is 742. The first-order valence-corrected chi connectivity index (χ1v) is 8.92. The van der Waals surface area contributed by atoms with Gasteiger partial charge in [0.1, 0.15) is 24.7 Å². The predicted molar refractivity (Wildman–Crippen MR) is 102 cm³/mol. The summed E-state index contributed by atoms with van der Waals surface area (Å²) >= 11 is 0. The lowest BCUT2D eigenvalue weighted by atomic mass is 10.1. The van der Waals surface area contributed by atoms with Gasteiger partial charge in [-0.25, -0.2) is 0 Å². The monoisotopic (exact) mass is 371 g/mol. The molecule has 0 fully saturated rings. The molecule has 144 valence electrons. The van der Waals surface area contributed by atoms with Crippen molar-refractivity contribution in [1.29, 1.82) is 0 Å². The van der Waals surface area contributed by atoms with E-state index in [0.717, 1.165) is 22.6 Å². The number of benzene rings is 2. The van der Waals surface area contributed by atoms with Crippen LogP contribution in [0.1, 0.15) is 24.0 Å². The van der Waals surface area contributed by atoms with E-state index in [2.05, 4.69) is 5.32 Å². The van der Waals surface area contributed by atoms with E-state index < -0.39 is 5.97 Å². The number of aliphatic carboxylic acids is 1. The first kappa shape index (κ1) is 20.3. The summed E-state index contributed by atoms with van der Waals surface area (Å²) in [6, 6.07) is 15.5. The molecule has 0 unspecified atom stereocenters. The van der Waals surface area contributed by atoms with E-state index in [0.29, 0.717) is 26.2 Å². The number of carboxylic acid groups (broad SMARTS) is 1. The number of nitrogens with one attached hydrogen (secondary N) is 1. The molecule has 2 N–H and O–H groups in total. The van der Waals surface area contributed by atoms with Crippen molar-refractivity contribution in [2.45, 2.75) is 26.2 Å². The highest BCUT2D eigenvalue weighted by atomic mass is 16.5. The Labute approximate surface area is 159 Å². The molecule has 6 nitrogen and oxygen atoms in total. The zero-order chi connectivity index (χ0) is 19.5. The molecule has 0 saturated heterocycles. The molecule has 2 rings (SSSR count). The summed E-state index contributed by atoms with van der Waals surface area (Å²) in [6.45, 7) is 3.41. The number of ether oxygens (including phenoxy) is 2. The van der Waals surface area contributed by atoms with Crippen LogP contribution < -0.4 is 14.8 Å². The average molecular weight is 371 g/mol. The molecule has 0 radical (unpaired) electrons. The Hall–Kier alpha value is -3.02. The molecular weight excluding hydrogens is 346 g/mol. The van der Waals surface area contributed by atoms with Crippen molar-refractivity contribution >= 4 is 11.9 Å². The van der Waals surface area contributed by atoms with Gasteiger partial charge in [0, 0.05) is 13.0 Å². The number of hydrogen-bond acceptors (Lipinski definition) is 4. The molecule has 27 heavy (non-hydrogen) atoms. The van der Waals surface area contributed by atoms with Crippen molar-refractivity contribution in [3.05, 3.63) is 59.7 Å². The van der Waals surface area contributed by atoms with Crippen molar-refractivity contribution in [1.82, 2.24) is 5.32 Å². The first-order valence-electron chi connectivity index (χ1n) is 8.92. The topological polar surface area (TPSA) is 84.9 Å². The number of amides is 1. The van der Waals surface area contributed by atoms with Gasteiger partial charge in [0.25, 0.3) is 0 Å². The SMILES string of the molecule is Cc1cccc(OCCOc2ccc(CCNC(=O)CCC(=O)O)cc2)c1. The fraction of sp³-hybridized carbons (Fsp3) is 0.333. The molecule has 0 heterocycles. The largest absolute Gasteiger partial charge is 0.490 e. The van der Waals surface area contributed by atoms with Crippen LogP contribution in [0.2, 0.25) is 0 Å². The van der Waals surface area contributed by atoms with E-state index in [9.17, 15) is 9.59 Å². The minimum absolute atomic E-state index is 0.00668. The zero-order valence-corrected chi connectivity index (χ0v) is 15.4.